The molecule has 2 N–H and O–H groups in total. The van der Waals surface area contributed by atoms with Crippen LogP contribution in [0.15, 0.2) is 36.7 Å². The number of H-pyrrole nitrogens is 1. The number of nitrogens with zero attached hydrogens (tertiary/aromatic N) is 3. The molecule has 1 aromatic carbocycles. The van der Waals surface area contributed by atoms with Crippen molar-refractivity contribution < 1.29 is 19.1 Å². The van der Waals surface area contributed by atoms with Gasteiger partial charge in [0, 0.05) is 52.9 Å². The lowest BCUT2D eigenvalue weighted by Gasteiger charge is -2.38. The SMILES string of the molecule is O=C1CCC(N2Cc3c(ccc4c3OCC43CCN(Cc4ccnc5[nH]ccc45)CC3)C2=O)C(=O)N1. The maximum Gasteiger partial charge on any atom is 0.255 e. The van der Waals surface area contributed by atoms with E-state index in [-0.39, 0.29) is 29.6 Å². The van der Waals surface area contributed by atoms with Crippen LogP contribution in [-0.2, 0) is 28.1 Å². The zero-order valence-corrected chi connectivity index (χ0v) is 19.9. The molecule has 7 rings (SSSR count). The molecule has 9 heteroatoms. The van der Waals surface area contributed by atoms with Crippen LogP contribution in [0, 0.1) is 0 Å². The van der Waals surface area contributed by atoms with Crippen LogP contribution in [0.5, 0.6) is 5.75 Å². The highest BCUT2D eigenvalue weighted by Gasteiger charge is 2.47. The quantitative estimate of drug-likeness (QED) is 0.551. The summed E-state index contributed by atoms with van der Waals surface area (Å²) in [6, 6.07) is 7.55. The molecule has 9 nitrogen and oxygen atoms in total. The Morgan fingerprint density at radius 3 is 2.81 bits per heavy atom. The van der Waals surface area contributed by atoms with Gasteiger partial charge in [0.05, 0.1) is 13.2 Å². The summed E-state index contributed by atoms with van der Waals surface area (Å²) in [5.74, 6) is 0.00152. The van der Waals surface area contributed by atoms with Gasteiger partial charge in [-0.05, 0) is 56.1 Å². The first-order valence-corrected chi connectivity index (χ1v) is 12.6. The van der Waals surface area contributed by atoms with E-state index in [0.29, 0.717) is 25.1 Å². The number of piperidine rings is 2. The summed E-state index contributed by atoms with van der Waals surface area (Å²) in [4.78, 5) is 48.8. The molecule has 0 saturated carbocycles. The van der Waals surface area contributed by atoms with Crippen LogP contribution in [0.3, 0.4) is 0 Å². The summed E-state index contributed by atoms with van der Waals surface area (Å²) in [5.41, 5.74) is 4.84. The molecule has 2 fully saturated rings. The van der Waals surface area contributed by atoms with Gasteiger partial charge < -0.3 is 14.6 Å². The number of fused-ring (bicyclic) bond motifs is 5. The molecular weight excluding hydrogens is 458 g/mol. The summed E-state index contributed by atoms with van der Waals surface area (Å²) in [6.45, 7) is 3.79. The zero-order chi connectivity index (χ0) is 24.4. The number of ether oxygens (including phenoxy) is 1. The maximum atomic E-state index is 13.2. The maximum absolute atomic E-state index is 13.2. The summed E-state index contributed by atoms with van der Waals surface area (Å²) < 4.78 is 6.30. The molecule has 0 bridgehead atoms. The summed E-state index contributed by atoms with van der Waals surface area (Å²) in [6.07, 6.45) is 6.39. The van der Waals surface area contributed by atoms with Gasteiger partial charge in [0.1, 0.15) is 17.4 Å². The Kier molecular flexibility index (Phi) is 4.73. The third-order valence-corrected chi connectivity index (χ3v) is 8.49. The van der Waals surface area contributed by atoms with Gasteiger partial charge in [-0.3, -0.25) is 24.6 Å². The average molecular weight is 486 g/mol. The normalized spacial score (nSPS) is 23.2. The highest BCUT2D eigenvalue weighted by Crippen LogP contribution is 2.49. The van der Waals surface area contributed by atoms with Gasteiger partial charge in [-0.2, -0.15) is 0 Å². The number of imide groups is 1. The minimum absolute atomic E-state index is 0.0480. The Bertz CT molecular complexity index is 1420. The highest BCUT2D eigenvalue weighted by atomic mass is 16.5. The second kappa shape index (κ2) is 7.89. The lowest BCUT2D eigenvalue weighted by atomic mass is 9.74. The van der Waals surface area contributed by atoms with E-state index in [9.17, 15) is 14.4 Å². The number of aromatic nitrogens is 2. The van der Waals surface area contributed by atoms with Crippen molar-refractivity contribution in [1.29, 1.82) is 0 Å². The molecule has 2 aromatic heterocycles. The third kappa shape index (κ3) is 3.19. The zero-order valence-electron chi connectivity index (χ0n) is 19.9. The van der Waals surface area contributed by atoms with Crippen molar-refractivity contribution in [1.82, 2.24) is 25.1 Å². The van der Waals surface area contributed by atoms with E-state index in [1.54, 1.807) is 4.90 Å². The van der Waals surface area contributed by atoms with Gasteiger partial charge in [-0.1, -0.05) is 6.07 Å². The second-order valence-corrected chi connectivity index (χ2v) is 10.4. The molecule has 1 spiro atoms. The lowest BCUT2D eigenvalue weighted by molar-refractivity contribution is -0.136. The number of carbonyl (C=O) groups is 3. The van der Waals surface area contributed by atoms with E-state index in [2.05, 4.69) is 38.4 Å². The standard InChI is InChI=1S/C27H27N5O4/c33-22-4-3-21(25(34)30-22)32-14-19-18(26(32)35)1-2-20-23(19)36-15-27(20)7-11-31(12-8-27)13-16-5-9-28-24-17(16)6-10-29-24/h1-2,5-6,9-10,21H,3-4,7-8,11-15H2,(H,28,29)(H,30,33,34). The largest absolute Gasteiger partial charge is 0.492 e. The fraction of sp³-hybridized carbons (Fsp3) is 0.407. The summed E-state index contributed by atoms with van der Waals surface area (Å²) >= 11 is 0. The predicted octanol–water partition coefficient (Wildman–Crippen LogP) is 2.25. The van der Waals surface area contributed by atoms with Crippen LogP contribution >= 0.6 is 0 Å². The van der Waals surface area contributed by atoms with Crippen molar-refractivity contribution in [2.75, 3.05) is 19.7 Å². The Balaban J connectivity index is 1.10. The van der Waals surface area contributed by atoms with Gasteiger partial charge in [0.15, 0.2) is 0 Å². The number of hydrogen-bond donors (Lipinski definition) is 2. The molecule has 0 radical (unpaired) electrons. The topological polar surface area (TPSA) is 108 Å². The number of aromatic amines is 1. The number of amides is 3. The van der Waals surface area contributed by atoms with E-state index < -0.39 is 6.04 Å². The molecule has 3 aromatic rings. The summed E-state index contributed by atoms with van der Waals surface area (Å²) in [5, 5.41) is 3.54. The van der Waals surface area contributed by atoms with Crippen molar-refractivity contribution in [2.45, 2.75) is 50.2 Å². The van der Waals surface area contributed by atoms with Gasteiger partial charge in [0.2, 0.25) is 11.8 Å². The first kappa shape index (κ1) is 21.6. The first-order valence-electron chi connectivity index (χ1n) is 12.6. The Morgan fingerprint density at radius 1 is 1.11 bits per heavy atom. The highest BCUT2D eigenvalue weighted by molar-refractivity contribution is 6.05. The number of pyridine rings is 1. The molecule has 4 aliphatic rings. The molecule has 184 valence electrons. The second-order valence-electron chi connectivity index (χ2n) is 10.4. The molecule has 6 heterocycles. The Hall–Kier alpha value is -3.72. The molecule has 1 atom stereocenters. The smallest absolute Gasteiger partial charge is 0.255 e. The van der Waals surface area contributed by atoms with Crippen LogP contribution in [-0.4, -0.2) is 63.2 Å². The fourth-order valence-electron chi connectivity index (χ4n) is 6.43. The molecule has 4 aliphatic heterocycles. The van der Waals surface area contributed by atoms with Crippen LogP contribution in [0.4, 0.5) is 0 Å². The number of carbonyl (C=O) groups excluding carboxylic acids is 3. The molecule has 0 aliphatic carbocycles. The van der Waals surface area contributed by atoms with Crippen LogP contribution in [0.2, 0.25) is 0 Å². The van der Waals surface area contributed by atoms with Crippen LogP contribution in [0.25, 0.3) is 11.0 Å². The van der Waals surface area contributed by atoms with E-state index >= 15 is 0 Å². The fourth-order valence-corrected chi connectivity index (χ4v) is 6.43. The molecule has 36 heavy (non-hydrogen) atoms. The molecule has 1 unspecified atom stereocenters. The van der Waals surface area contributed by atoms with E-state index in [4.69, 9.17) is 4.74 Å². The predicted molar refractivity (Wildman–Crippen MR) is 130 cm³/mol. The molecular formula is C27H27N5O4. The minimum atomic E-state index is -0.614. The van der Waals surface area contributed by atoms with Gasteiger partial charge >= 0.3 is 0 Å². The Morgan fingerprint density at radius 2 is 1.97 bits per heavy atom. The van der Waals surface area contributed by atoms with Crippen molar-refractivity contribution in [3.63, 3.8) is 0 Å². The van der Waals surface area contributed by atoms with Crippen LogP contribution in [0.1, 0.15) is 52.7 Å². The Labute approximate surface area is 207 Å². The van der Waals surface area contributed by atoms with Crippen molar-refractivity contribution >= 4 is 28.8 Å². The van der Waals surface area contributed by atoms with E-state index in [1.165, 1.54) is 16.5 Å². The van der Waals surface area contributed by atoms with Crippen molar-refractivity contribution in [3.05, 3.63) is 58.9 Å². The number of nitrogens with one attached hydrogen (secondary N) is 2. The third-order valence-electron chi connectivity index (χ3n) is 8.49. The summed E-state index contributed by atoms with van der Waals surface area (Å²) in [7, 11) is 0. The monoisotopic (exact) mass is 485 g/mol. The number of rotatable bonds is 3. The molecule has 3 amide bonds. The number of hydrogen-bond acceptors (Lipinski definition) is 6. The average Bonchev–Trinajstić information content (AvgIpc) is 3.58. The number of benzene rings is 1. The van der Waals surface area contributed by atoms with Gasteiger partial charge in [-0.25, -0.2) is 4.98 Å². The van der Waals surface area contributed by atoms with Crippen LogP contribution < -0.4 is 10.1 Å². The van der Waals surface area contributed by atoms with E-state index in [1.807, 2.05) is 18.5 Å². The molecule has 2 saturated heterocycles. The van der Waals surface area contributed by atoms with Gasteiger partial charge in [0.25, 0.3) is 5.91 Å². The van der Waals surface area contributed by atoms with Gasteiger partial charge in [-0.15, -0.1) is 0 Å². The van der Waals surface area contributed by atoms with Crippen molar-refractivity contribution in [3.8, 4) is 5.75 Å². The van der Waals surface area contributed by atoms with E-state index in [0.717, 1.165) is 49.4 Å². The lowest BCUT2D eigenvalue weighted by Crippen LogP contribution is -2.52. The first-order chi connectivity index (χ1) is 17.5. The van der Waals surface area contributed by atoms with Crippen molar-refractivity contribution in [2.24, 2.45) is 0 Å². The number of likely N-dealkylation sites (tertiary alicyclic amines) is 1. The minimum Gasteiger partial charge on any atom is -0.492 e.